The summed E-state index contributed by atoms with van der Waals surface area (Å²) >= 11 is 0. The Labute approximate surface area is 288 Å². The van der Waals surface area contributed by atoms with Crippen LogP contribution >= 0.6 is 7.82 Å². The normalized spacial score (nSPS) is 14.1. The summed E-state index contributed by atoms with van der Waals surface area (Å²) in [5.41, 5.74) is 0. The van der Waals surface area contributed by atoms with Crippen molar-refractivity contribution in [1.29, 1.82) is 0 Å². The van der Waals surface area contributed by atoms with Crippen LogP contribution in [-0.2, 0) is 32.7 Å². The number of carbonyl (C=O) groups is 2. The van der Waals surface area contributed by atoms with Gasteiger partial charge in [0.25, 0.3) is 0 Å². The number of esters is 2. The van der Waals surface area contributed by atoms with Gasteiger partial charge in [0.2, 0.25) is 0 Å². The number of allylic oxidation sites excluding steroid dienone is 4. The second-order valence-electron chi connectivity index (χ2n) is 13.6. The van der Waals surface area contributed by atoms with Crippen molar-refractivity contribution in [2.24, 2.45) is 0 Å². The fraction of sp³-hybridized carbons (Fsp3) is 0.838. The first-order valence-electron chi connectivity index (χ1n) is 18.5. The van der Waals surface area contributed by atoms with Crippen molar-refractivity contribution < 1.29 is 42.1 Å². The highest BCUT2D eigenvalue weighted by Gasteiger charge is 2.27. The first-order valence-corrected chi connectivity index (χ1v) is 20.0. The van der Waals surface area contributed by atoms with E-state index >= 15 is 0 Å². The van der Waals surface area contributed by atoms with E-state index in [9.17, 15) is 19.0 Å². The lowest BCUT2D eigenvalue weighted by atomic mass is 10.1. The molecular weight excluding hydrogens is 617 g/mol. The Hall–Kier alpha value is -1.51. The Morgan fingerprint density at radius 1 is 0.681 bits per heavy atom. The van der Waals surface area contributed by atoms with Gasteiger partial charge in [-0.3, -0.25) is 18.6 Å². The van der Waals surface area contributed by atoms with Gasteiger partial charge in [-0.25, -0.2) is 4.57 Å². The summed E-state index contributed by atoms with van der Waals surface area (Å²) in [5.74, 6) is -0.826. The number of phosphoric ester groups is 1. The van der Waals surface area contributed by atoms with Crippen LogP contribution in [0.1, 0.15) is 149 Å². The van der Waals surface area contributed by atoms with Crippen molar-refractivity contribution in [2.75, 3.05) is 47.5 Å². The molecule has 0 amide bonds. The summed E-state index contributed by atoms with van der Waals surface area (Å²) in [6.07, 6.45) is 29.7. The zero-order valence-corrected chi connectivity index (χ0v) is 31.7. The van der Waals surface area contributed by atoms with Crippen LogP contribution in [0.4, 0.5) is 0 Å². The van der Waals surface area contributed by atoms with E-state index in [2.05, 4.69) is 31.2 Å². The van der Waals surface area contributed by atoms with Crippen molar-refractivity contribution in [3.05, 3.63) is 24.3 Å². The number of hydrogen-bond acceptors (Lipinski definition) is 7. The topological polar surface area (TPSA) is 108 Å². The van der Waals surface area contributed by atoms with Crippen LogP contribution in [0.25, 0.3) is 0 Å². The smallest absolute Gasteiger partial charge is 0.462 e. The largest absolute Gasteiger partial charge is 0.472 e. The predicted molar refractivity (Wildman–Crippen MR) is 192 cm³/mol. The lowest BCUT2D eigenvalue weighted by Gasteiger charge is -2.24. The van der Waals surface area contributed by atoms with Crippen LogP contribution in [0.15, 0.2) is 24.3 Å². The highest BCUT2D eigenvalue weighted by atomic mass is 31.2. The fourth-order valence-corrected chi connectivity index (χ4v) is 5.57. The van der Waals surface area contributed by atoms with Crippen molar-refractivity contribution in [2.45, 2.75) is 155 Å². The zero-order valence-electron chi connectivity index (χ0n) is 30.8. The highest BCUT2D eigenvalue weighted by molar-refractivity contribution is 7.47. The molecule has 0 saturated carbocycles. The molecule has 1 unspecified atom stereocenters. The number of phosphoric acid groups is 1. The number of likely N-dealkylation sites (N-methyl/N-ethyl adjacent to an activating group) is 1. The average Bonchev–Trinajstić information content (AvgIpc) is 3.01. The maximum absolute atomic E-state index is 12.5. The predicted octanol–water partition coefficient (Wildman–Crippen LogP) is 9.63. The van der Waals surface area contributed by atoms with E-state index < -0.39 is 26.5 Å². The van der Waals surface area contributed by atoms with Gasteiger partial charge in [-0.15, -0.1) is 0 Å². The molecule has 0 spiro atoms. The molecule has 0 aromatic carbocycles. The van der Waals surface area contributed by atoms with Gasteiger partial charge < -0.3 is 18.9 Å². The molecule has 0 bridgehead atoms. The third kappa shape index (κ3) is 34.2. The minimum Gasteiger partial charge on any atom is -0.462 e. The van der Waals surface area contributed by atoms with Crippen molar-refractivity contribution in [3.63, 3.8) is 0 Å². The lowest BCUT2D eigenvalue weighted by Crippen LogP contribution is -2.37. The summed E-state index contributed by atoms with van der Waals surface area (Å²) < 4.78 is 34.0. The monoisotopic (exact) mass is 688 g/mol. The maximum Gasteiger partial charge on any atom is 0.472 e. The molecular formula is C37H71NO8P+. The Morgan fingerprint density at radius 3 is 1.70 bits per heavy atom. The van der Waals surface area contributed by atoms with Crippen molar-refractivity contribution in [3.8, 4) is 0 Å². The molecule has 0 fully saturated rings. The van der Waals surface area contributed by atoms with E-state index in [-0.39, 0.29) is 32.0 Å². The van der Waals surface area contributed by atoms with Gasteiger partial charge in [0, 0.05) is 12.8 Å². The molecule has 0 rings (SSSR count). The maximum atomic E-state index is 12.5. The number of carbonyl (C=O) groups excluding carboxylic acids is 2. The fourth-order valence-electron chi connectivity index (χ4n) is 4.83. The lowest BCUT2D eigenvalue weighted by molar-refractivity contribution is -0.870. The molecule has 2 atom stereocenters. The Balaban J connectivity index is 4.39. The second-order valence-corrected chi connectivity index (χ2v) is 15.1. The van der Waals surface area contributed by atoms with Crippen LogP contribution in [0.5, 0.6) is 0 Å². The van der Waals surface area contributed by atoms with Gasteiger partial charge in [0.05, 0.1) is 27.7 Å². The summed E-state index contributed by atoms with van der Waals surface area (Å²) in [5, 5.41) is 0. The molecule has 0 aliphatic carbocycles. The number of quaternary nitrogens is 1. The summed E-state index contributed by atoms with van der Waals surface area (Å²) in [4.78, 5) is 35.0. The molecule has 0 radical (unpaired) electrons. The number of rotatable bonds is 33. The van der Waals surface area contributed by atoms with E-state index in [1.165, 1.54) is 44.9 Å². The van der Waals surface area contributed by atoms with Crippen molar-refractivity contribution in [1.82, 2.24) is 0 Å². The quantitative estimate of drug-likeness (QED) is 0.0239. The van der Waals surface area contributed by atoms with Crippen LogP contribution < -0.4 is 0 Å². The number of unbranched alkanes of at least 4 members (excludes halogenated alkanes) is 16. The first-order chi connectivity index (χ1) is 22.5. The molecule has 0 heterocycles. The van der Waals surface area contributed by atoms with E-state index in [1.54, 1.807) is 0 Å². The van der Waals surface area contributed by atoms with Crippen molar-refractivity contribution >= 4 is 19.8 Å². The van der Waals surface area contributed by atoms with Gasteiger partial charge in [0.15, 0.2) is 6.10 Å². The second kappa shape index (κ2) is 30.5. The molecule has 47 heavy (non-hydrogen) atoms. The third-order valence-electron chi connectivity index (χ3n) is 7.80. The molecule has 276 valence electrons. The van der Waals surface area contributed by atoms with E-state index in [4.69, 9.17) is 18.5 Å². The SMILES string of the molecule is C/C=C\CCCCCCCC(=O)O[C@H](COC(=O)CCCCCCC/C=C/CCCCCCCC)COP(=O)(O)OCC[N+](C)(C)C. The highest BCUT2D eigenvalue weighted by Crippen LogP contribution is 2.43. The molecule has 0 aliphatic rings. The standard InChI is InChI=1S/C37H70NO8P/c1-6-8-10-12-14-16-17-18-19-20-21-22-24-25-27-29-36(39)43-33-35(34-45-47(41,42)44-32-31-38(3,4)5)46-37(40)30-28-26-23-15-13-11-9-7-2/h7,9,18-19,35H,6,8,10-17,20-34H2,1-5H3/p+1/b9-7-,19-18+/t35-/m1/s1. The van der Waals surface area contributed by atoms with E-state index in [0.29, 0.717) is 17.4 Å². The molecule has 1 N–H and O–H groups in total. The summed E-state index contributed by atoms with van der Waals surface area (Å²) in [7, 11) is 1.46. The number of ether oxygens (including phenoxy) is 2. The van der Waals surface area contributed by atoms with Gasteiger partial charge in [-0.2, -0.15) is 0 Å². The van der Waals surface area contributed by atoms with Crippen LogP contribution in [0.2, 0.25) is 0 Å². The summed E-state index contributed by atoms with van der Waals surface area (Å²) in [6, 6.07) is 0. The molecule has 10 heteroatoms. The van der Waals surface area contributed by atoms with Crippen LogP contribution in [0.3, 0.4) is 0 Å². The van der Waals surface area contributed by atoms with Gasteiger partial charge in [0.1, 0.15) is 19.8 Å². The van der Waals surface area contributed by atoms with Gasteiger partial charge in [-0.1, -0.05) is 102 Å². The van der Waals surface area contributed by atoms with Crippen LogP contribution in [0, 0.1) is 0 Å². The minimum atomic E-state index is -4.36. The molecule has 9 nitrogen and oxygen atoms in total. The summed E-state index contributed by atoms with van der Waals surface area (Å²) in [6.45, 7) is 4.16. The van der Waals surface area contributed by atoms with Gasteiger partial charge >= 0.3 is 19.8 Å². The number of hydrogen-bond donors (Lipinski definition) is 1. The van der Waals surface area contributed by atoms with E-state index in [0.717, 1.165) is 70.6 Å². The minimum absolute atomic E-state index is 0.0292. The molecule has 0 aromatic heterocycles. The molecule has 0 saturated heterocycles. The molecule has 0 aromatic rings. The van der Waals surface area contributed by atoms with Crippen LogP contribution in [-0.4, -0.2) is 74.9 Å². The molecule has 0 aliphatic heterocycles. The Kier molecular flexibility index (Phi) is 29.6. The Morgan fingerprint density at radius 2 is 1.17 bits per heavy atom. The first kappa shape index (κ1) is 45.5. The zero-order chi connectivity index (χ0) is 35.1. The number of nitrogens with zero attached hydrogens (tertiary/aromatic N) is 1. The van der Waals surface area contributed by atoms with E-state index in [1.807, 2.05) is 28.1 Å². The average molecular weight is 689 g/mol. The third-order valence-corrected chi connectivity index (χ3v) is 8.78. The van der Waals surface area contributed by atoms with Gasteiger partial charge in [-0.05, 0) is 58.3 Å². The Bertz CT molecular complexity index is 871.